The lowest BCUT2D eigenvalue weighted by Crippen LogP contribution is -2.40. The molecule has 1 atom stereocenters. The molecule has 0 heterocycles. The van der Waals surface area contributed by atoms with Crippen LogP contribution in [0.3, 0.4) is 0 Å². The molecule has 0 saturated heterocycles. The Labute approximate surface area is 97.7 Å². The van der Waals surface area contributed by atoms with Crippen molar-refractivity contribution < 1.29 is 9.53 Å². The van der Waals surface area contributed by atoms with Gasteiger partial charge in [0.15, 0.2) is 0 Å². The Morgan fingerprint density at radius 1 is 1.44 bits per heavy atom. The highest BCUT2D eigenvalue weighted by Gasteiger charge is 2.50. The Hall–Kier alpha value is -0.570. The van der Waals surface area contributed by atoms with Gasteiger partial charge >= 0.3 is 5.97 Å². The Morgan fingerprint density at radius 3 is 2.56 bits per heavy atom. The van der Waals surface area contributed by atoms with Gasteiger partial charge in [0.2, 0.25) is 0 Å². The van der Waals surface area contributed by atoms with E-state index in [0.29, 0.717) is 0 Å². The van der Waals surface area contributed by atoms with Crippen molar-refractivity contribution in [2.45, 2.75) is 57.4 Å². The summed E-state index contributed by atoms with van der Waals surface area (Å²) in [5.41, 5.74) is 6.07. The summed E-state index contributed by atoms with van der Waals surface area (Å²) in [6.45, 7) is 0. The van der Waals surface area contributed by atoms with Crippen molar-refractivity contribution in [2.75, 3.05) is 7.11 Å². The lowest BCUT2D eigenvalue weighted by Gasteiger charge is -2.22. The highest BCUT2D eigenvalue weighted by molar-refractivity contribution is 5.77. The first kappa shape index (κ1) is 11.9. The maximum absolute atomic E-state index is 11.4. The minimum atomic E-state index is -0.390. The first-order chi connectivity index (χ1) is 7.68. The molecule has 0 aromatic heterocycles. The summed E-state index contributed by atoms with van der Waals surface area (Å²) >= 11 is 0. The first-order valence-corrected chi connectivity index (χ1v) is 6.51. The summed E-state index contributed by atoms with van der Waals surface area (Å²) in [6.07, 6.45) is 10.1. The molecule has 3 nitrogen and oxygen atoms in total. The van der Waals surface area contributed by atoms with E-state index in [4.69, 9.17) is 10.5 Å². The van der Waals surface area contributed by atoms with Crippen molar-refractivity contribution in [1.82, 2.24) is 0 Å². The second-order valence-corrected chi connectivity index (χ2v) is 5.55. The van der Waals surface area contributed by atoms with Crippen molar-refractivity contribution in [3.8, 4) is 0 Å². The van der Waals surface area contributed by atoms with E-state index < -0.39 is 0 Å². The van der Waals surface area contributed by atoms with Gasteiger partial charge in [-0.2, -0.15) is 0 Å². The number of ether oxygens (including phenoxy) is 1. The van der Waals surface area contributed by atoms with Crippen molar-refractivity contribution in [1.29, 1.82) is 0 Å². The number of carbonyl (C=O) groups excluding carboxylic acids is 1. The van der Waals surface area contributed by atoms with Crippen LogP contribution in [0.15, 0.2) is 0 Å². The fraction of sp³-hybridized carbons (Fsp3) is 0.923. The van der Waals surface area contributed by atoms with Crippen LogP contribution in [0.5, 0.6) is 0 Å². The van der Waals surface area contributed by atoms with Crippen LogP contribution in [-0.4, -0.2) is 19.1 Å². The van der Waals surface area contributed by atoms with Gasteiger partial charge < -0.3 is 10.5 Å². The standard InChI is InChI=1S/C13H23NO2/c1-16-12(15)11(14)13(8-9-13)7-6-10-4-2-3-5-10/h10-11H,2-9,14H2,1H3. The predicted molar refractivity (Wildman–Crippen MR) is 62.9 cm³/mol. The SMILES string of the molecule is COC(=O)C(N)C1(CCC2CCCC2)CC1. The molecule has 2 rings (SSSR count). The average molecular weight is 225 g/mol. The third-order valence-electron chi connectivity index (χ3n) is 4.53. The van der Waals surface area contributed by atoms with Gasteiger partial charge in [0.25, 0.3) is 0 Å². The Balaban J connectivity index is 1.81. The van der Waals surface area contributed by atoms with Crippen LogP contribution < -0.4 is 5.73 Å². The zero-order valence-electron chi connectivity index (χ0n) is 10.2. The van der Waals surface area contributed by atoms with Gasteiger partial charge in [-0.3, -0.25) is 4.79 Å². The van der Waals surface area contributed by atoms with Crippen molar-refractivity contribution >= 4 is 5.97 Å². The lowest BCUT2D eigenvalue weighted by molar-refractivity contribution is -0.144. The molecule has 2 N–H and O–H groups in total. The summed E-state index contributed by atoms with van der Waals surface area (Å²) in [7, 11) is 1.43. The number of carbonyl (C=O) groups is 1. The molecular formula is C13H23NO2. The number of nitrogens with two attached hydrogens (primary N) is 1. The first-order valence-electron chi connectivity index (χ1n) is 6.51. The van der Waals surface area contributed by atoms with Gasteiger partial charge in [-0.15, -0.1) is 0 Å². The molecule has 16 heavy (non-hydrogen) atoms. The largest absolute Gasteiger partial charge is 0.468 e. The predicted octanol–water partition coefficient (Wildman–Crippen LogP) is 2.24. The van der Waals surface area contributed by atoms with Crippen LogP contribution in [0, 0.1) is 11.3 Å². The molecule has 2 saturated carbocycles. The molecule has 0 amide bonds. The van der Waals surface area contributed by atoms with E-state index in [1.54, 1.807) is 0 Å². The van der Waals surface area contributed by atoms with E-state index >= 15 is 0 Å². The molecule has 0 bridgehead atoms. The molecule has 3 heteroatoms. The second-order valence-electron chi connectivity index (χ2n) is 5.55. The zero-order chi connectivity index (χ0) is 11.6. The maximum Gasteiger partial charge on any atom is 0.323 e. The van der Waals surface area contributed by atoms with E-state index in [1.807, 2.05) is 0 Å². The van der Waals surface area contributed by atoms with Crippen molar-refractivity contribution in [3.63, 3.8) is 0 Å². The molecule has 0 spiro atoms. The van der Waals surface area contributed by atoms with Gasteiger partial charge in [0.1, 0.15) is 6.04 Å². The lowest BCUT2D eigenvalue weighted by atomic mass is 9.87. The number of hydrogen-bond donors (Lipinski definition) is 1. The Kier molecular flexibility index (Phi) is 3.53. The van der Waals surface area contributed by atoms with Gasteiger partial charge in [-0.1, -0.05) is 25.7 Å². The average Bonchev–Trinajstić information content (AvgIpc) is 2.92. The Morgan fingerprint density at radius 2 is 2.06 bits per heavy atom. The second kappa shape index (κ2) is 4.74. The quantitative estimate of drug-likeness (QED) is 0.730. The fourth-order valence-electron chi connectivity index (χ4n) is 3.04. The van der Waals surface area contributed by atoms with E-state index in [1.165, 1.54) is 39.2 Å². The van der Waals surface area contributed by atoms with E-state index in [9.17, 15) is 4.79 Å². The number of rotatable bonds is 5. The number of esters is 1. The molecule has 2 aliphatic carbocycles. The maximum atomic E-state index is 11.4. The molecule has 0 radical (unpaired) electrons. The molecule has 0 aromatic rings. The van der Waals surface area contributed by atoms with Crippen LogP contribution in [0.25, 0.3) is 0 Å². The molecule has 0 aliphatic heterocycles. The zero-order valence-corrected chi connectivity index (χ0v) is 10.2. The molecule has 92 valence electrons. The van der Waals surface area contributed by atoms with Crippen LogP contribution in [0.1, 0.15) is 51.4 Å². The van der Waals surface area contributed by atoms with Crippen molar-refractivity contribution in [3.05, 3.63) is 0 Å². The highest BCUT2D eigenvalue weighted by Crippen LogP contribution is 2.53. The molecule has 0 aromatic carbocycles. The van der Waals surface area contributed by atoms with Crippen LogP contribution in [0.4, 0.5) is 0 Å². The molecular weight excluding hydrogens is 202 g/mol. The third kappa shape index (κ3) is 2.40. The summed E-state index contributed by atoms with van der Waals surface area (Å²) in [5, 5.41) is 0. The van der Waals surface area contributed by atoms with E-state index in [-0.39, 0.29) is 17.4 Å². The number of hydrogen-bond acceptors (Lipinski definition) is 3. The van der Waals surface area contributed by atoms with Gasteiger partial charge in [-0.25, -0.2) is 0 Å². The summed E-state index contributed by atoms with van der Waals surface area (Å²) < 4.78 is 4.75. The van der Waals surface area contributed by atoms with Crippen molar-refractivity contribution in [2.24, 2.45) is 17.1 Å². The van der Waals surface area contributed by atoms with Crippen LogP contribution >= 0.6 is 0 Å². The Bertz CT molecular complexity index is 255. The van der Waals surface area contributed by atoms with Crippen LogP contribution in [-0.2, 0) is 9.53 Å². The molecule has 1 unspecified atom stereocenters. The van der Waals surface area contributed by atoms with Gasteiger partial charge in [-0.05, 0) is 37.0 Å². The topological polar surface area (TPSA) is 52.3 Å². The molecule has 2 fully saturated rings. The highest BCUT2D eigenvalue weighted by atomic mass is 16.5. The van der Waals surface area contributed by atoms with Gasteiger partial charge in [0.05, 0.1) is 7.11 Å². The third-order valence-corrected chi connectivity index (χ3v) is 4.53. The summed E-state index contributed by atoms with van der Waals surface area (Å²) in [4.78, 5) is 11.4. The van der Waals surface area contributed by atoms with Gasteiger partial charge in [0, 0.05) is 0 Å². The fourth-order valence-corrected chi connectivity index (χ4v) is 3.04. The monoisotopic (exact) mass is 225 g/mol. The molecule has 2 aliphatic rings. The van der Waals surface area contributed by atoms with E-state index in [2.05, 4.69) is 0 Å². The number of methoxy groups -OCH3 is 1. The summed E-state index contributed by atoms with van der Waals surface area (Å²) in [6, 6.07) is -0.390. The smallest absolute Gasteiger partial charge is 0.323 e. The minimum absolute atomic E-state index is 0.0929. The van der Waals surface area contributed by atoms with E-state index in [0.717, 1.165) is 25.2 Å². The summed E-state index contributed by atoms with van der Waals surface area (Å²) in [5.74, 6) is 0.659. The van der Waals surface area contributed by atoms with Crippen LogP contribution in [0.2, 0.25) is 0 Å². The normalized spacial score (nSPS) is 25.4. The minimum Gasteiger partial charge on any atom is -0.468 e.